The van der Waals surface area contributed by atoms with Gasteiger partial charge >= 0.3 is 6.01 Å². The molecule has 0 spiro atoms. The number of fused-ring (bicyclic) bond motifs is 11. The number of hydrogen-bond donors (Lipinski definition) is 0. The van der Waals surface area contributed by atoms with Crippen molar-refractivity contribution in [3.05, 3.63) is 163 Å². The molecule has 0 saturated carbocycles. The molecule has 4 heterocycles. The van der Waals surface area contributed by atoms with E-state index >= 15 is 0 Å². The number of nitrogens with zero attached hydrogens (tertiary/aromatic N) is 4. The summed E-state index contributed by atoms with van der Waals surface area (Å²) in [5.74, 6) is 0. The molecule has 0 unspecified atom stereocenters. The molecular formula is C44H28N4O. The second-order valence-corrected chi connectivity index (χ2v) is 12.8. The van der Waals surface area contributed by atoms with Crippen LogP contribution in [0.3, 0.4) is 0 Å². The zero-order chi connectivity index (χ0) is 32.1. The maximum absolute atomic E-state index is 6.08. The van der Waals surface area contributed by atoms with Crippen LogP contribution in [-0.4, -0.2) is 18.7 Å². The quantitative estimate of drug-likeness (QED) is 0.195. The van der Waals surface area contributed by atoms with Crippen LogP contribution in [0.1, 0.15) is 5.56 Å². The predicted octanol–water partition coefficient (Wildman–Crippen LogP) is 10.8. The molecule has 230 valence electrons. The average molecular weight is 629 g/mol. The summed E-state index contributed by atoms with van der Waals surface area (Å²) in [7, 11) is 0. The van der Waals surface area contributed by atoms with Gasteiger partial charge in [0, 0.05) is 38.5 Å². The van der Waals surface area contributed by atoms with Crippen molar-refractivity contribution in [1.82, 2.24) is 18.7 Å². The third-order valence-corrected chi connectivity index (χ3v) is 10.1. The molecule has 0 amide bonds. The maximum atomic E-state index is 6.08. The molecule has 1 aliphatic heterocycles. The molecule has 5 nitrogen and oxygen atoms in total. The molecule has 0 saturated heterocycles. The Labute approximate surface area is 281 Å². The summed E-state index contributed by atoms with van der Waals surface area (Å²) in [4.78, 5) is 4.77. The van der Waals surface area contributed by atoms with E-state index in [0.29, 0.717) is 12.6 Å². The van der Waals surface area contributed by atoms with Crippen molar-refractivity contribution in [3.8, 4) is 34.2 Å². The number of hydrogen-bond acceptors (Lipinski definition) is 2. The van der Waals surface area contributed by atoms with Gasteiger partial charge in [0.25, 0.3) is 0 Å². The highest BCUT2D eigenvalue weighted by atomic mass is 16.5. The Hall–Kier alpha value is -6.59. The molecule has 10 aromatic rings. The topological polar surface area (TPSA) is 36.9 Å². The molecule has 11 rings (SSSR count). The van der Waals surface area contributed by atoms with Gasteiger partial charge in [0.15, 0.2) is 0 Å². The van der Waals surface area contributed by atoms with Gasteiger partial charge in [-0.15, -0.1) is 0 Å². The smallest absolute Gasteiger partial charge is 0.302 e. The minimum atomic E-state index is 0.504. The molecule has 0 fully saturated rings. The molecule has 3 aromatic heterocycles. The molecule has 0 atom stereocenters. The first kappa shape index (κ1) is 26.5. The molecule has 0 aliphatic carbocycles. The third kappa shape index (κ3) is 3.78. The van der Waals surface area contributed by atoms with Gasteiger partial charge in [-0.2, -0.15) is 4.98 Å². The number of para-hydroxylation sites is 5. The van der Waals surface area contributed by atoms with E-state index in [1.54, 1.807) is 0 Å². The molecule has 49 heavy (non-hydrogen) atoms. The molecule has 0 bridgehead atoms. The number of imidazole rings is 1. The van der Waals surface area contributed by atoms with Crippen LogP contribution < -0.4 is 4.74 Å². The van der Waals surface area contributed by atoms with Gasteiger partial charge in [-0.1, -0.05) is 84.9 Å². The van der Waals surface area contributed by atoms with Crippen molar-refractivity contribution in [3.63, 3.8) is 0 Å². The van der Waals surface area contributed by atoms with Gasteiger partial charge in [0.2, 0.25) is 0 Å². The van der Waals surface area contributed by atoms with Gasteiger partial charge < -0.3 is 13.9 Å². The zero-order valence-electron chi connectivity index (χ0n) is 26.4. The number of ether oxygens (including phenoxy) is 1. The summed E-state index contributed by atoms with van der Waals surface area (Å²) in [6.07, 6.45) is 0. The first-order valence-electron chi connectivity index (χ1n) is 16.7. The van der Waals surface area contributed by atoms with E-state index in [1.807, 2.05) is 12.1 Å². The normalized spacial score (nSPS) is 12.6. The molecule has 1 aliphatic rings. The molecule has 0 radical (unpaired) electrons. The Morgan fingerprint density at radius 1 is 0.429 bits per heavy atom. The summed E-state index contributed by atoms with van der Waals surface area (Å²) in [6.45, 7) is 0.504. The Morgan fingerprint density at radius 3 is 1.69 bits per heavy atom. The SMILES string of the molecule is c1ccc(-n2c3ccccc3c3cc(-c4ccc5c(c4)c4ccccc4n5-c4ccc5c(c4)-n4c(nc6ccccc64)OC5)ccc32)cc1. The van der Waals surface area contributed by atoms with Crippen LogP contribution in [0.2, 0.25) is 0 Å². The van der Waals surface area contributed by atoms with E-state index in [2.05, 4.69) is 159 Å². The number of rotatable bonds is 3. The van der Waals surface area contributed by atoms with Crippen LogP contribution in [-0.2, 0) is 6.61 Å². The van der Waals surface area contributed by atoms with Crippen LogP contribution >= 0.6 is 0 Å². The van der Waals surface area contributed by atoms with E-state index in [-0.39, 0.29) is 0 Å². The largest absolute Gasteiger partial charge is 0.459 e. The summed E-state index contributed by atoms with van der Waals surface area (Å²) in [6, 6.07) is 57.4. The van der Waals surface area contributed by atoms with E-state index in [0.717, 1.165) is 28.0 Å². The first-order chi connectivity index (χ1) is 24.3. The van der Waals surface area contributed by atoms with Gasteiger partial charge in [0.1, 0.15) is 6.61 Å². The Morgan fingerprint density at radius 2 is 1.00 bits per heavy atom. The highest BCUT2D eigenvalue weighted by Gasteiger charge is 2.23. The van der Waals surface area contributed by atoms with Crippen molar-refractivity contribution >= 4 is 54.6 Å². The van der Waals surface area contributed by atoms with Crippen molar-refractivity contribution in [2.24, 2.45) is 0 Å². The fourth-order valence-electron chi connectivity index (χ4n) is 7.94. The van der Waals surface area contributed by atoms with Gasteiger partial charge in [0.05, 0.1) is 38.8 Å². The first-order valence-corrected chi connectivity index (χ1v) is 16.7. The number of benzene rings is 7. The van der Waals surface area contributed by atoms with E-state index in [1.165, 1.54) is 60.4 Å². The second-order valence-electron chi connectivity index (χ2n) is 12.8. The van der Waals surface area contributed by atoms with E-state index < -0.39 is 0 Å². The third-order valence-electron chi connectivity index (χ3n) is 10.1. The summed E-state index contributed by atoms with van der Waals surface area (Å²) >= 11 is 0. The molecule has 0 N–H and O–H groups in total. The highest BCUT2D eigenvalue weighted by Crippen LogP contribution is 2.40. The van der Waals surface area contributed by atoms with Gasteiger partial charge in [-0.25, -0.2) is 0 Å². The van der Waals surface area contributed by atoms with Crippen molar-refractivity contribution in [2.75, 3.05) is 0 Å². The van der Waals surface area contributed by atoms with E-state index in [9.17, 15) is 0 Å². The zero-order valence-corrected chi connectivity index (χ0v) is 26.4. The standard InChI is InChI=1S/C44H28N4O/c1-2-10-31(11-3-1)46-38-15-7-4-12-33(38)35-24-28(19-22-40(35)46)29-20-23-41-36(25-29)34-13-5-8-16-39(34)47(41)32-21-18-30-27-49-44-45-37-14-6-9-17-42(37)48(44)43(30)26-32/h1-26H,27H2. The monoisotopic (exact) mass is 628 g/mol. The van der Waals surface area contributed by atoms with Crippen LogP contribution in [0.4, 0.5) is 0 Å². The van der Waals surface area contributed by atoms with E-state index in [4.69, 9.17) is 9.72 Å². The van der Waals surface area contributed by atoms with Crippen LogP contribution in [0, 0.1) is 0 Å². The average Bonchev–Trinajstić information content (AvgIpc) is 3.82. The lowest BCUT2D eigenvalue weighted by Crippen LogP contribution is -2.13. The lowest BCUT2D eigenvalue weighted by atomic mass is 10.0. The Kier molecular flexibility index (Phi) is 5.38. The minimum Gasteiger partial charge on any atom is -0.459 e. The minimum absolute atomic E-state index is 0.504. The fraction of sp³-hybridized carbons (Fsp3) is 0.0227. The van der Waals surface area contributed by atoms with Crippen molar-refractivity contribution in [1.29, 1.82) is 0 Å². The Balaban J connectivity index is 1.09. The van der Waals surface area contributed by atoms with Gasteiger partial charge in [-0.05, 0) is 83.9 Å². The van der Waals surface area contributed by atoms with Crippen molar-refractivity contribution < 1.29 is 4.74 Å². The highest BCUT2D eigenvalue weighted by molar-refractivity contribution is 6.12. The lowest BCUT2D eigenvalue weighted by Gasteiger charge is -2.21. The fourth-order valence-corrected chi connectivity index (χ4v) is 7.94. The second kappa shape index (κ2) is 9.96. The van der Waals surface area contributed by atoms with Crippen molar-refractivity contribution in [2.45, 2.75) is 6.61 Å². The van der Waals surface area contributed by atoms with Crippen LogP contribution in [0.5, 0.6) is 6.01 Å². The molecular weight excluding hydrogens is 601 g/mol. The van der Waals surface area contributed by atoms with Gasteiger partial charge in [-0.3, -0.25) is 4.57 Å². The summed E-state index contributed by atoms with van der Waals surface area (Å²) < 4.78 is 13.0. The Bertz CT molecular complexity index is 2940. The molecule has 5 heteroatoms. The summed E-state index contributed by atoms with van der Waals surface area (Å²) in [5.41, 5.74) is 13.7. The van der Waals surface area contributed by atoms with Crippen LogP contribution in [0.15, 0.2) is 158 Å². The predicted molar refractivity (Wildman–Crippen MR) is 200 cm³/mol. The maximum Gasteiger partial charge on any atom is 0.302 e. The summed E-state index contributed by atoms with van der Waals surface area (Å²) in [5, 5.41) is 4.97. The molecule has 7 aromatic carbocycles. The lowest BCUT2D eigenvalue weighted by molar-refractivity contribution is 0.265. The number of aromatic nitrogens is 4. The van der Waals surface area contributed by atoms with Crippen LogP contribution in [0.25, 0.3) is 82.8 Å².